The normalized spacial score (nSPS) is 23.0. The van der Waals surface area contributed by atoms with Crippen LogP contribution in [0.2, 0.25) is 0 Å². The summed E-state index contributed by atoms with van der Waals surface area (Å²) in [6, 6.07) is 0. The quantitative estimate of drug-likeness (QED) is 0.588. The largest absolute Gasteiger partial charge is 0.365 e. The molecule has 4 nitrogen and oxygen atoms in total. The molecule has 0 aromatic carbocycles. The highest BCUT2D eigenvalue weighted by Gasteiger charge is 2.20. The zero-order valence-corrected chi connectivity index (χ0v) is 7.14. The minimum absolute atomic E-state index is 0.409. The van der Waals surface area contributed by atoms with E-state index < -0.39 is 10.3 Å². The second-order valence-electron chi connectivity index (χ2n) is 2.77. The molecule has 1 aliphatic heterocycles. The van der Waals surface area contributed by atoms with Crippen LogP contribution in [0, 0.1) is 0 Å². The summed E-state index contributed by atoms with van der Waals surface area (Å²) >= 11 is 0. The van der Waals surface area contributed by atoms with Gasteiger partial charge in [0, 0.05) is 13.1 Å². The van der Waals surface area contributed by atoms with E-state index in [4.69, 9.17) is 0 Å². The molecule has 0 aromatic rings. The number of rotatable bonds is 1. The van der Waals surface area contributed by atoms with Crippen LogP contribution in [-0.4, -0.2) is 25.8 Å². The maximum Gasteiger partial charge on any atom is 0.365 e. The minimum Gasteiger partial charge on any atom is -0.179 e. The van der Waals surface area contributed by atoms with Crippen LogP contribution in [0.15, 0.2) is 0 Å². The van der Waals surface area contributed by atoms with E-state index in [9.17, 15) is 13.0 Å². The average Bonchev–Trinajstić information content (AvgIpc) is 2.10. The lowest BCUT2D eigenvalue weighted by Gasteiger charge is -2.12. The number of hydrogen-bond acceptors (Lipinski definition) is 2. The van der Waals surface area contributed by atoms with Crippen molar-refractivity contribution in [3.05, 3.63) is 0 Å². The zero-order valence-electron chi connectivity index (χ0n) is 6.32. The van der Waals surface area contributed by atoms with Crippen LogP contribution in [0.1, 0.15) is 25.7 Å². The van der Waals surface area contributed by atoms with Crippen molar-refractivity contribution in [1.29, 1.82) is 0 Å². The average molecular weight is 178 g/mol. The molecule has 0 atom stereocenters. The smallest absolute Gasteiger partial charge is 0.179 e. The molecular weight excluding hydrogens is 166 g/mol. The molecule has 0 aliphatic carbocycles. The molecular formula is C6H12NO3S. The van der Waals surface area contributed by atoms with Gasteiger partial charge in [0.25, 0.3) is 0 Å². The maximum atomic E-state index is 10.5. The van der Waals surface area contributed by atoms with Gasteiger partial charge in [-0.05, 0) is 12.8 Å². The van der Waals surface area contributed by atoms with Gasteiger partial charge in [0.05, 0.1) is 0 Å². The molecule has 0 N–H and O–H groups in total. The second kappa shape index (κ2) is 3.51. The molecule has 1 saturated heterocycles. The van der Waals surface area contributed by atoms with E-state index >= 15 is 0 Å². The molecule has 1 aliphatic rings. The van der Waals surface area contributed by atoms with Crippen molar-refractivity contribution in [2.75, 3.05) is 13.1 Å². The number of hydrogen-bond donors (Lipinski definition) is 0. The van der Waals surface area contributed by atoms with Crippen LogP contribution in [-0.2, 0) is 14.9 Å². The Morgan fingerprint density at radius 2 is 1.36 bits per heavy atom. The van der Waals surface area contributed by atoms with Crippen LogP contribution in [0.5, 0.6) is 0 Å². The molecule has 1 fully saturated rings. The Balaban J connectivity index is 2.57. The molecule has 5 heteroatoms. The fraction of sp³-hybridized carbons (Fsp3) is 1.00. The van der Waals surface area contributed by atoms with E-state index in [1.807, 2.05) is 0 Å². The fourth-order valence-electron chi connectivity index (χ4n) is 1.27. The summed E-state index contributed by atoms with van der Waals surface area (Å²) in [6.07, 6.45) is 3.71. The van der Waals surface area contributed by atoms with Crippen molar-refractivity contribution in [2.24, 2.45) is 0 Å². The summed E-state index contributed by atoms with van der Waals surface area (Å²) in [4.78, 5) is 0. The van der Waals surface area contributed by atoms with Crippen LogP contribution >= 0.6 is 0 Å². The highest BCUT2D eigenvalue weighted by molar-refractivity contribution is 7.83. The van der Waals surface area contributed by atoms with Crippen molar-refractivity contribution in [2.45, 2.75) is 25.7 Å². The van der Waals surface area contributed by atoms with Crippen LogP contribution in [0.4, 0.5) is 0 Å². The third-order valence-electron chi connectivity index (χ3n) is 1.88. The molecule has 1 heterocycles. The van der Waals surface area contributed by atoms with E-state index in [1.54, 1.807) is 0 Å². The molecule has 0 spiro atoms. The first-order chi connectivity index (χ1) is 5.11. The molecule has 1 rings (SSSR count). The molecule has 0 bridgehead atoms. The molecule has 65 valence electrons. The van der Waals surface area contributed by atoms with Crippen LogP contribution in [0.25, 0.3) is 0 Å². The highest BCUT2D eigenvalue weighted by atomic mass is 32.2. The standard InChI is InChI=1S/C6H12NO3S/c8-11(9,10)7-5-3-1-2-4-6-7/h1-6H2. The maximum absolute atomic E-state index is 10.5. The second-order valence-corrected chi connectivity index (χ2v) is 4.14. The lowest BCUT2D eigenvalue weighted by atomic mass is 10.2. The highest BCUT2D eigenvalue weighted by Crippen LogP contribution is 2.11. The van der Waals surface area contributed by atoms with E-state index in [2.05, 4.69) is 0 Å². The van der Waals surface area contributed by atoms with Crippen LogP contribution < -0.4 is 0 Å². The summed E-state index contributed by atoms with van der Waals surface area (Å²) < 4.78 is 32.6. The fourth-order valence-corrected chi connectivity index (χ4v) is 1.97. The van der Waals surface area contributed by atoms with Gasteiger partial charge in [-0.2, -0.15) is 12.7 Å². The zero-order chi connectivity index (χ0) is 8.32. The Morgan fingerprint density at radius 3 is 1.73 bits per heavy atom. The Morgan fingerprint density at radius 1 is 0.909 bits per heavy atom. The monoisotopic (exact) mass is 178 g/mol. The summed E-state index contributed by atoms with van der Waals surface area (Å²) in [5.74, 6) is 0. The Hall–Kier alpha value is -0.130. The van der Waals surface area contributed by atoms with Crippen molar-refractivity contribution in [1.82, 2.24) is 4.31 Å². The Kier molecular flexibility index (Phi) is 2.86. The van der Waals surface area contributed by atoms with Gasteiger partial charge < -0.3 is 0 Å². The first-order valence-corrected chi connectivity index (χ1v) is 5.18. The first kappa shape index (κ1) is 8.96. The van der Waals surface area contributed by atoms with Crippen molar-refractivity contribution >= 4 is 10.3 Å². The Labute approximate surface area is 67.1 Å². The first-order valence-electron chi connectivity index (χ1n) is 3.82. The summed E-state index contributed by atoms with van der Waals surface area (Å²) in [6.45, 7) is 0.817. The van der Waals surface area contributed by atoms with Crippen LogP contribution in [0.3, 0.4) is 0 Å². The minimum atomic E-state index is -4.17. The summed E-state index contributed by atoms with van der Waals surface area (Å²) in [5.41, 5.74) is 0. The van der Waals surface area contributed by atoms with E-state index in [0.29, 0.717) is 13.1 Å². The summed E-state index contributed by atoms with van der Waals surface area (Å²) in [5, 5.41) is 0. The number of nitrogens with zero attached hydrogens (tertiary/aromatic N) is 1. The molecule has 0 amide bonds. The lowest BCUT2D eigenvalue weighted by Crippen LogP contribution is -2.30. The van der Waals surface area contributed by atoms with E-state index in [1.165, 1.54) is 0 Å². The molecule has 0 saturated carbocycles. The lowest BCUT2D eigenvalue weighted by molar-refractivity contribution is 0.321. The van der Waals surface area contributed by atoms with Gasteiger partial charge in [0.15, 0.2) is 0 Å². The summed E-state index contributed by atoms with van der Waals surface area (Å²) in [7, 11) is -4.17. The molecule has 0 aromatic heterocycles. The topological polar surface area (TPSA) is 57.3 Å². The van der Waals surface area contributed by atoms with Gasteiger partial charge in [-0.1, -0.05) is 17.4 Å². The van der Waals surface area contributed by atoms with Gasteiger partial charge in [0.2, 0.25) is 0 Å². The Bertz CT molecular complexity index is 204. The van der Waals surface area contributed by atoms with Crippen molar-refractivity contribution in [3.63, 3.8) is 0 Å². The van der Waals surface area contributed by atoms with E-state index in [0.717, 1.165) is 30.0 Å². The van der Waals surface area contributed by atoms with Gasteiger partial charge >= 0.3 is 10.3 Å². The SMILES string of the molecule is [O]S(=O)(=O)N1CCCCCC1. The van der Waals surface area contributed by atoms with Crippen molar-refractivity contribution < 1.29 is 13.0 Å². The molecule has 1 radical (unpaired) electrons. The third kappa shape index (κ3) is 2.76. The predicted molar refractivity (Wildman–Crippen MR) is 39.6 cm³/mol. The van der Waals surface area contributed by atoms with Gasteiger partial charge in [0.1, 0.15) is 0 Å². The van der Waals surface area contributed by atoms with Gasteiger partial charge in [-0.3, -0.25) is 0 Å². The molecule has 0 unspecified atom stereocenters. The van der Waals surface area contributed by atoms with E-state index in [-0.39, 0.29) is 0 Å². The van der Waals surface area contributed by atoms with Gasteiger partial charge in [-0.25, -0.2) is 0 Å². The predicted octanol–water partition coefficient (Wildman–Crippen LogP) is 0.538. The van der Waals surface area contributed by atoms with Gasteiger partial charge in [-0.15, -0.1) is 0 Å². The van der Waals surface area contributed by atoms with Crippen molar-refractivity contribution in [3.8, 4) is 0 Å². The molecule has 11 heavy (non-hydrogen) atoms. The third-order valence-corrected chi connectivity index (χ3v) is 2.88.